The van der Waals surface area contributed by atoms with Gasteiger partial charge in [-0.1, -0.05) is 120 Å². The Labute approximate surface area is 188 Å². The molecule has 0 heterocycles. The van der Waals surface area contributed by atoms with E-state index in [0.29, 0.717) is 6.61 Å². The molecule has 0 saturated carbocycles. The van der Waals surface area contributed by atoms with Crippen LogP contribution in [0.1, 0.15) is 104 Å². The Kier molecular flexibility index (Phi) is 17.6. The van der Waals surface area contributed by atoms with Gasteiger partial charge in [-0.2, -0.15) is 0 Å². The van der Waals surface area contributed by atoms with Crippen LogP contribution in [0.15, 0.2) is 35.2 Å². The van der Waals surface area contributed by atoms with Crippen molar-refractivity contribution in [2.75, 3.05) is 12.4 Å². The monoisotopic (exact) mass is 458 g/mol. The first-order valence-electron chi connectivity index (χ1n) is 11.8. The first kappa shape index (κ1) is 27.1. The zero-order valence-corrected chi connectivity index (χ0v) is 21.3. The highest BCUT2D eigenvalue weighted by atomic mass is 33.1. The van der Waals surface area contributed by atoms with Gasteiger partial charge in [-0.25, -0.2) is 0 Å². The van der Waals surface area contributed by atoms with E-state index >= 15 is 0 Å². The maximum Gasteiger partial charge on any atom is 0.317 e. The molecule has 0 aliphatic rings. The largest absolute Gasteiger partial charge is 0.317 e. The number of unbranched alkanes of at least 4 members (excludes halogenated alkanes) is 12. The summed E-state index contributed by atoms with van der Waals surface area (Å²) < 4.78 is 19.4. The average molecular weight is 459 g/mol. The summed E-state index contributed by atoms with van der Waals surface area (Å²) in [6, 6.07) is 10.1. The van der Waals surface area contributed by atoms with E-state index in [4.69, 9.17) is 4.52 Å². The van der Waals surface area contributed by atoms with Gasteiger partial charge in [-0.3, -0.25) is 4.57 Å². The third-order valence-corrected chi connectivity index (χ3v) is 12.0. The van der Waals surface area contributed by atoms with Gasteiger partial charge in [0.05, 0.1) is 6.61 Å². The van der Waals surface area contributed by atoms with Crippen molar-refractivity contribution < 1.29 is 9.09 Å². The number of hydrogen-bond donors (Lipinski definition) is 0. The molecule has 168 valence electrons. The fourth-order valence-electron chi connectivity index (χ4n) is 3.17. The molecule has 1 aromatic rings. The van der Waals surface area contributed by atoms with Gasteiger partial charge in [0.2, 0.25) is 0 Å². The van der Waals surface area contributed by atoms with Crippen molar-refractivity contribution in [1.82, 2.24) is 0 Å². The zero-order valence-electron chi connectivity index (χ0n) is 18.8. The molecule has 0 amide bonds. The molecule has 2 nitrogen and oxygen atoms in total. The maximum atomic E-state index is 13.4. The van der Waals surface area contributed by atoms with Crippen LogP contribution in [-0.2, 0) is 9.09 Å². The van der Waals surface area contributed by atoms with E-state index in [1.807, 2.05) is 30.3 Å². The molecule has 0 bridgehead atoms. The Hall–Kier alpha value is 0.110. The van der Waals surface area contributed by atoms with Gasteiger partial charge in [0.1, 0.15) is 0 Å². The van der Waals surface area contributed by atoms with Gasteiger partial charge in [0, 0.05) is 10.6 Å². The average Bonchev–Trinajstić information content (AvgIpc) is 2.73. The zero-order chi connectivity index (χ0) is 21.0. The van der Waals surface area contributed by atoms with Gasteiger partial charge in [-0.05, 0) is 36.4 Å². The number of rotatable bonds is 20. The molecule has 0 fully saturated rings. The van der Waals surface area contributed by atoms with Gasteiger partial charge in [0.25, 0.3) is 0 Å². The van der Waals surface area contributed by atoms with Crippen LogP contribution < -0.4 is 0 Å². The second kappa shape index (κ2) is 18.8. The van der Waals surface area contributed by atoms with Crippen molar-refractivity contribution >= 4 is 28.5 Å². The molecule has 0 aliphatic heterocycles. The van der Waals surface area contributed by atoms with Crippen LogP contribution in [0, 0.1) is 0 Å². The van der Waals surface area contributed by atoms with Crippen LogP contribution in [0.25, 0.3) is 0 Å². The highest BCUT2D eigenvalue weighted by Crippen LogP contribution is 2.72. The molecule has 0 aliphatic carbocycles. The molecule has 1 unspecified atom stereocenters. The lowest BCUT2D eigenvalue weighted by Crippen LogP contribution is -1.92. The SMILES string of the molecule is CCCCCCCCCOP(=O)(SCCCCCCCCC)Sc1ccccc1. The van der Waals surface area contributed by atoms with Crippen LogP contribution in [-0.4, -0.2) is 12.4 Å². The highest BCUT2D eigenvalue weighted by molar-refractivity contribution is 8.89. The number of benzene rings is 1. The topological polar surface area (TPSA) is 26.3 Å². The van der Waals surface area contributed by atoms with Crippen LogP contribution >= 0.6 is 28.5 Å². The molecule has 0 aromatic heterocycles. The Morgan fingerprint density at radius 1 is 0.724 bits per heavy atom. The molecule has 0 spiro atoms. The smallest absolute Gasteiger partial charge is 0.313 e. The van der Waals surface area contributed by atoms with Crippen LogP contribution in [0.4, 0.5) is 0 Å². The van der Waals surface area contributed by atoms with E-state index in [2.05, 4.69) is 13.8 Å². The highest BCUT2D eigenvalue weighted by Gasteiger charge is 2.25. The van der Waals surface area contributed by atoms with Crippen molar-refractivity contribution in [2.45, 2.75) is 109 Å². The molecule has 0 N–H and O–H groups in total. The van der Waals surface area contributed by atoms with Crippen LogP contribution in [0.5, 0.6) is 0 Å². The van der Waals surface area contributed by atoms with E-state index in [-0.39, 0.29) is 0 Å². The van der Waals surface area contributed by atoms with Gasteiger partial charge in [0.15, 0.2) is 0 Å². The summed E-state index contributed by atoms with van der Waals surface area (Å²) in [7, 11) is 0. The molecular formula is C24H43O2PS2. The summed E-state index contributed by atoms with van der Waals surface area (Å²) in [5.41, 5.74) is 0. The first-order chi connectivity index (χ1) is 14.2. The van der Waals surface area contributed by atoms with E-state index in [0.717, 1.165) is 23.5 Å². The predicted molar refractivity (Wildman–Crippen MR) is 134 cm³/mol. The summed E-state index contributed by atoms with van der Waals surface area (Å²) in [6.07, 6.45) is 17.8. The fraction of sp³-hybridized carbons (Fsp3) is 0.750. The Bertz CT molecular complexity index is 501. The summed E-state index contributed by atoms with van der Waals surface area (Å²) in [4.78, 5) is 1.04. The molecule has 1 rings (SSSR count). The summed E-state index contributed by atoms with van der Waals surface area (Å²) in [5.74, 6) is -1.81. The lowest BCUT2D eigenvalue weighted by molar-refractivity contribution is 0.321. The standard InChI is InChI=1S/C24H43O2PS2/c1-3-5-7-9-11-13-18-22-26-27(25,29-24-20-16-15-17-21-24)28-23-19-14-12-10-8-6-4-2/h15-17,20-21H,3-14,18-19,22-23H2,1-2H3. The predicted octanol–water partition coefficient (Wildman–Crippen LogP) is 10.1. The Morgan fingerprint density at radius 3 is 1.83 bits per heavy atom. The van der Waals surface area contributed by atoms with Crippen molar-refractivity contribution in [3.8, 4) is 0 Å². The normalized spacial score (nSPS) is 13.4. The van der Waals surface area contributed by atoms with E-state index in [9.17, 15) is 4.57 Å². The molecule has 0 radical (unpaired) electrons. The van der Waals surface area contributed by atoms with E-state index in [1.165, 1.54) is 88.4 Å². The van der Waals surface area contributed by atoms with E-state index < -0.39 is 5.77 Å². The maximum absolute atomic E-state index is 13.4. The molecule has 1 aromatic carbocycles. The van der Waals surface area contributed by atoms with Crippen molar-refractivity contribution in [2.24, 2.45) is 0 Å². The Morgan fingerprint density at radius 2 is 1.24 bits per heavy atom. The van der Waals surface area contributed by atoms with Gasteiger partial charge in [-0.15, -0.1) is 0 Å². The summed E-state index contributed by atoms with van der Waals surface area (Å²) >= 11 is 3.00. The second-order valence-corrected chi connectivity index (χ2v) is 15.1. The quantitative estimate of drug-likeness (QED) is 0.143. The molecular weight excluding hydrogens is 415 g/mol. The lowest BCUT2D eigenvalue weighted by Gasteiger charge is -2.17. The minimum atomic E-state index is -2.74. The van der Waals surface area contributed by atoms with Crippen molar-refractivity contribution in [1.29, 1.82) is 0 Å². The third kappa shape index (κ3) is 15.5. The molecule has 0 saturated heterocycles. The van der Waals surface area contributed by atoms with Crippen LogP contribution in [0.2, 0.25) is 0 Å². The van der Waals surface area contributed by atoms with Crippen molar-refractivity contribution in [3.63, 3.8) is 0 Å². The fourth-order valence-corrected chi connectivity index (χ4v) is 9.90. The summed E-state index contributed by atoms with van der Waals surface area (Å²) in [5, 5.41) is 0. The first-order valence-corrected chi connectivity index (χ1v) is 16.5. The lowest BCUT2D eigenvalue weighted by atomic mass is 10.1. The summed E-state index contributed by atoms with van der Waals surface area (Å²) in [6.45, 7) is 5.12. The van der Waals surface area contributed by atoms with Gasteiger partial charge >= 0.3 is 5.77 Å². The third-order valence-electron chi connectivity index (χ3n) is 4.96. The number of hydrogen-bond acceptors (Lipinski definition) is 4. The molecule has 5 heteroatoms. The molecule has 1 atom stereocenters. The minimum Gasteiger partial charge on any atom is -0.313 e. The molecule has 29 heavy (non-hydrogen) atoms. The Balaban J connectivity index is 2.31. The second-order valence-electron chi connectivity index (χ2n) is 7.76. The van der Waals surface area contributed by atoms with Gasteiger partial charge < -0.3 is 4.52 Å². The van der Waals surface area contributed by atoms with Crippen molar-refractivity contribution in [3.05, 3.63) is 30.3 Å². The van der Waals surface area contributed by atoms with E-state index in [1.54, 1.807) is 11.4 Å². The van der Waals surface area contributed by atoms with Crippen LogP contribution in [0.3, 0.4) is 0 Å². The minimum absolute atomic E-state index is 0.620.